The van der Waals surface area contributed by atoms with Gasteiger partial charge in [-0.15, -0.1) is 0 Å². The van der Waals surface area contributed by atoms with Gasteiger partial charge in [0.2, 0.25) is 0 Å². The summed E-state index contributed by atoms with van der Waals surface area (Å²) in [7, 11) is 0. The predicted octanol–water partition coefficient (Wildman–Crippen LogP) is 2.89. The van der Waals surface area contributed by atoms with E-state index in [0.717, 1.165) is 5.82 Å². The van der Waals surface area contributed by atoms with Crippen molar-refractivity contribution in [3.8, 4) is 6.07 Å². The van der Waals surface area contributed by atoms with Crippen LogP contribution < -0.4 is 5.32 Å². The first-order valence-corrected chi connectivity index (χ1v) is 7.15. The summed E-state index contributed by atoms with van der Waals surface area (Å²) in [5, 5.41) is 16.3. The number of benzene rings is 1. The molecule has 0 saturated carbocycles. The predicted molar refractivity (Wildman–Crippen MR) is 81.4 cm³/mol. The first-order valence-electron chi connectivity index (χ1n) is 7.15. The van der Waals surface area contributed by atoms with Gasteiger partial charge in [0.1, 0.15) is 18.0 Å². The van der Waals surface area contributed by atoms with E-state index in [2.05, 4.69) is 36.2 Å². The molecule has 5 nitrogen and oxygen atoms in total. The molecule has 0 aliphatic rings. The minimum atomic E-state index is -0.378. The summed E-state index contributed by atoms with van der Waals surface area (Å²) in [5.41, 5.74) is 0.693. The van der Waals surface area contributed by atoms with Crippen LogP contribution in [0.4, 0.5) is 4.39 Å². The summed E-state index contributed by atoms with van der Waals surface area (Å²) < 4.78 is 15.8. The number of aromatic nitrogens is 3. The topological polar surface area (TPSA) is 66.5 Å². The zero-order valence-corrected chi connectivity index (χ0v) is 13.3. The van der Waals surface area contributed by atoms with Crippen molar-refractivity contribution < 1.29 is 4.39 Å². The van der Waals surface area contributed by atoms with Crippen molar-refractivity contribution in [3.05, 3.63) is 47.3 Å². The molecule has 0 fully saturated rings. The minimum absolute atomic E-state index is 0.156. The summed E-state index contributed by atoms with van der Waals surface area (Å²) in [6, 6.07) is 6.25. The summed E-state index contributed by atoms with van der Waals surface area (Å²) in [6.07, 6.45) is 1.52. The van der Waals surface area contributed by atoms with Crippen molar-refractivity contribution in [2.45, 2.75) is 45.8 Å². The zero-order chi connectivity index (χ0) is 16.3. The SMILES string of the molecule is CC(NCc1ncnn1C(C)(C)C)c1ccc(C#N)cc1F. The molecule has 0 radical (unpaired) electrons. The number of hydrogen-bond acceptors (Lipinski definition) is 4. The molecule has 0 bridgehead atoms. The van der Waals surface area contributed by atoms with E-state index in [4.69, 9.17) is 5.26 Å². The van der Waals surface area contributed by atoms with Gasteiger partial charge in [-0.2, -0.15) is 10.4 Å². The van der Waals surface area contributed by atoms with Gasteiger partial charge in [-0.25, -0.2) is 14.1 Å². The number of nitrogens with one attached hydrogen (secondary N) is 1. The smallest absolute Gasteiger partial charge is 0.141 e. The second-order valence-corrected chi connectivity index (χ2v) is 6.21. The molecule has 1 heterocycles. The first kappa shape index (κ1) is 16.1. The van der Waals surface area contributed by atoms with Crippen LogP contribution in [0, 0.1) is 17.1 Å². The number of halogens is 1. The Balaban J connectivity index is 2.10. The van der Waals surface area contributed by atoms with Gasteiger partial charge in [0.05, 0.1) is 23.7 Å². The van der Waals surface area contributed by atoms with Crippen LogP contribution in [0.15, 0.2) is 24.5 Å². The van der Waals surface area contributed by atoms with Crippen molar-refractivity contribution in [1.82, 2.24) is 20.1 Å². The minimum Gasteiger partial charge on any atom is -0.303 e. The average molecular weight is 301 g/mol. The Morgan fingerprint density at radius 3 is 2.73 bits per heavy atom. The lowest BCUT2D eigenvalue weighted by atomic mass is 10.1. The third-order valence-electron chi connectivity index (χ3n) is 3.42. The lowest BCUT2D eigenvalue weighted by molar-refractivity contribution is 0.335. The summed E-state index contributed by atoms with van der Waals surface area (Å²) in [6.45, 7) is 8.51. The van der Waals surface area contributed by atoms with Gasteiger partial charge in [0, 0.05) is 11.6 Å². The summed E-state index contributed by atoms with van der Waals surface area (Å²) in [5.74, 6) is 0.421. The maximum Gasteiger partial charge on any atom is 0.141 e. The number of rotatable bonds is 4. The Morgan fingerprint density at radius 1 is 1.41 bits per heavy atom. The van der Waals surface area contributed by atoms with E-state index < -0.39 is 0 Å². The fourth-order valence-electron chi connectivity index (χ4n) is 2.25. The quantitative estimate of drug-likeness (QED) is 0.943. The molecule has 0 aliphatic carbocycles. The Kier molecular flexibility index (Phi) is 4.57. The fraction of sp³-hybridized carbons (Fsp3) is 0.438. The van der Waals surface area contributed by atoms with Crippen molar-refractivity contribution in [2.75, 3.05) is 0 Å². The maximum atomic E-state index is 14.0. The van der Waals surface area contributed by atoms with Crippen LogP contribution in [0.1, 0.15) is 50.7 Å². The van der Waals surface area contributed by atoms with Crippen LogP contribution in [0.25, 0.3) is 0 Å². The normalized spacial score (nSPS) is 12.9. The summed E-state index contributed by atoms with van der Waals surface area (Å²) in [4.78, 5) is 4.25. The molecule has 2 aromatic rings. The molecule has 1 N–H and O–H groups in total. The highest BCUT2D eigenvalue weighted by atomic mass is 19.1. The van der Waals surface area contributed by atoms with E-state index >= 15 is 0 Å². The monoisotopic (exact) mass is 301 g/mol. The first-order chi connectivity index (χ1) is 10.3. The van der Waals surface area contributed by atoms with Crippen molar-refractivity contribution >= 4 is 0 Å². The van der Waals surface area contributed by atoms with E-state index in [1.165, 1.54) is 12.4 Å². The second-order valence-electron chi connectivity index (χ2n) is 6.21. The summed E-state index contributed by atoms with van der Waals surface area (Å²) >= 11 is 0. The van der Waals surface area contributed by atoms with Crippen LogP contribution in [0.2, 0.25) is 0 Å². The highest BCUT2D eigenvalue weighted by molar-refractivity contribution is 5.34. The van der Waals surface area contributed by atoms with Crippen molar-refractivity contribution in [1.29, 1.82) is 5.26 Å². The number of nitrogens with zero attached hydrogens (tertiary/aromatic N) is 4. The van der Waals surface area contributed by atoms with Crippen LogP contribution in [-0.4, -0.2) is 14.8 Å². The number of hydrogen-bond donors (Lipinski definition) is 1. The average Bonchev–Trinajstić information content (AvgIpc) is 2.93. The van der Waals surface area contributed by atoms with E-state index in [-0.39, 0.29) is 17.4 Å². The van der Waals surface area contributed by atoms with E-state index in [1.54, 1.807) is 12.1 Å². The molecule has 1 unspecified atom stereocenters. The third-order valence-corrected chi connectivity index (χ3v) is 3.42. The molecule has 22 heavy (non-hydrogen) atoms. The van der Waals surface area contributed by atoms with Crippen LogP contribution in [-0.2, 0) is 12.1 Å². The van der Waals surface area contributed by atoms with Gasteiger partial charge in [-0.3, -0.25) is 0 Å². The largest absolute Gasteiger partial charge is 0.303 e. The van der Waals surface area contributed by atoms with Gasteiger partial charge in [-0.1, -0.05) is 6.07 Å². The molecule has 0 spiro atoms. The molecule has 1 aromatic heterocycles. The standard InChI is InChI=1S/C16H20FN5/c1-11(13-6-5-12(8-18)7-14(13)17)19-9-15-20-10-21-22(15)16(2,3)4/h5-7,10-11,19H,9H2,1-4H3. The Bertz CT molecular complexity index is 693. The van der Waals surface area contributed by atoms with Crippen molar-refractivity contribution in [2.24, 2.45) is 0 Å². The van der Waals surface area contributed by atoms with Crippen LogP contribution in [0.3, 0.4) is 0 Å². The molecular weight excluding hydrogens is 281 g/mol. The Hall–Kier alpha value is -2.26. The van der Waals surface area contributed by atoms with Gasteiger partial charge in [0.25, 0.3) is 0 Å². The van der Waals surface area contributed by atoms with Crippen molar-refractivity contribution in [3.63, 3.8) is 0 Å². The highest BCUT2D eigenvalue weighted by Gasteiger charge is 2.19. The maximum absolute atomic E-state index is 14.0. The van der Waals surface area contributed by atoms with Gasteiger partial charge < -0.3 is 5.32 Å². The van der Waals surface area contributed by atoms with E-state index in [0.29, 0.717) is 17.7 Å². The highest BCUT2D eigenvalue weighted by Crippen LogP contribution is 2.19. The zero-order valence-electron chi connectivity index (χ0n) is 13.3. The lowest BCUT2D eigenvalue weighted by Gasteiger charge is -2.22. The molecular formula is C16H20FN5. The molecule has 6 heteroatoms. The van der Waals surface area contributed by atoms with Gasteiger partial charge in [0.15, 0.2) is 0 Å². The molecule has 0 aliphatic heterocycles. The Labute approximate surface area is 129 Å². The number of nitriles is 1. The van der Waals surface area contributed by atoms with E-state index in [1.807, 2.05) is 17.7 Å². The fourth-order valence-corrected chi connectivity index (χ4v) is 2.25. The Morgan fingerprint density at radius 2 is 2.14 bits per heavy atom. The van der Waals surface area contributed by atoms with Crippen LogP contribution in [0.5, 0.6) is 0 Å². The van der Waals surface area contributed by atoms with E-state index in [9.17, 15) is 4.39 Å². The van der Waals surface area contributed by atoms with Gasteiger partial charge >= 0.3 is 0 Å². The molecule has 0 amide bonds. The molecule has 116 valence electrons. The molecule has 2 rings (SSSR count). The molecule has 1 atom stereocenters. The molecule has 1 aromatic carbocycles. The lowest BCUT2D eigenvalue weighted by Crippen LogP contribution is -2.29. The van der Waals surface area contributed by atoms with Gasteiger partial charge in [-0.05, 0) is 39.8 Å². The third kappa shape index (κ3) is 3.49. The molecule has 0 saturated heterocycles. The van der Waals surface area contributed by atoms with Crippen LogP contribution >= 0.6 is 0 Å². The second kappa shape index (κ2) is 6.24.